The van der Waals surface area contributed by atoms with Crippen molar-refractivity contribution in [3.05, 3.63) is 94.9 Å². The molecule has 2 heterocycles. The van der Waals surface area contributed by atoms with Crippen LogP contribution in [0.1, 0.15) is 23.6 Å². The highest BCUT2D eigenvalue weighted by Crippen LogP contribution is 2.36. The average molecular weight is 410 g/mol. The second-order valence-electron chi connectivity index (χ2n) is 7.59. The summed E-state index contributed by atoms with van der Waals surface area (Å²) in [5.74, 6) is 0.887. The van der Waals surface area contributed by atoms with E-state index in [1.54, 1.807) is 11.3 Å². The lowest BCUT2D eigenvalue weighted by atomic mass is 10.0. The molecule has 0 spiro atoms. The van der Waals surface area contributed by atoms with Gasteiger partial charge in [0.2, 0.25) is 0 Å². The highest BCUT2D eigenvalue weighted by molar-refractivity contribution is 7.17. The molecule has 0 N–H and O–H groups in total. The number of aromatic nitrogens is 1. The zero-order chi connectivity index (χ0) is 20.5. The Balaban J connectivity index is 1.56. The summed E-state index contributed by atoms with van der Waals surface area (Å²) < 4.78 is 7.51. The third-order valence-electron chi connectivity index (χ3n) is 5.52. The number of pyridine rings is 1. The molecule has 0 aliphatic carbocycles. The van der Waals surface area contributed by atoms with Crippen LogP contribution in [0.3, 0.4) is 0 Å². The molecule has 30 heavy (non-hydrogen) atoms. The van der Waals surface area contributed by atoms with Gasteiger partial charge in [0.25, 0.3) is 0 Å². The maximum absolute atomic E-state index is 6.22. The second-order valence-corrected chi connectivity index (χ2v) is 8.50. The summed E-state index contributed by atoms with van der Waals surface area (Å²) in [4.78, 5) is 5.10. The van der Waals surface area contributed by atoms with Gasteiger partial charge in [0.1, 0.15) is 12.4 Å². The Bertz CT molecular complexity index is 1350. The van der Waals surface area contributed by atoms with E-state index < -0.39 is 0 Å². The third kappa shape index (κ3) is 3.46. The van der Waals surface area contributed by atoms with Crippen LogP contribution in [0.15, 0.2) is 78.2 Å². The van der Waals surface area contributed by atoms with E-state index in [1.165, 1.54) is 32.3 Å². The van der Waals surface area contributed by atoms with E-state index in [0.29, 0.717) is 6.61 Å². The molecule has 3 heteroatoms. The number of thiophene rings is 1. The fourth-order valence-corrected chi connectivity index (χ4v) is 4.90. The molecule has 2 nitrogen and oxygen atoms in total. The lowest BCUT2D eigenvalue weighted by Gasteiger charge is -2.13. The largest absolute Gasteiger partial charge is 0.488 e. The summed E-state index contributed by atoms with van der Waals surface area (Å²) in [7, 11) is 0. The van der Waals surface area contributed by atoms with Crippen LogP contribution in [0.2, 0.25) is 0 Å². The van der Waals surface area contributed by atoms with Crippen molar-refractivity contribution in [3.8, 4) is 17.0 Å². The van der Waals surface area contributed by atoms with Gasteiger partial charge in [0.15, 0.2) is 0 Å². The molecule has 2 aromatic heterocycles. The zero-order valence-corrected chi connectivity index (χ0v) is 18.0. The van der Waals surface area contributed by atoms with E-state index in [2.05, 4.69) is 92.0 Å². The third-order valence-corrected chi connectivity index (χ3v) is 6.48. The van der Waals surface area contributed by atoms with E-state index in [1.807, 2.05) is 0 Å². The minimum atomic E-state index is 0.555. The number of fused-ring (bicyclic) bond motifs is 2. The molecular weight excluding hydrogens is 386 g/mol. The Hall–Kier alpha value is -3.17. The lowest BCUT2D eigenvalue weighted by Crippen LogP contribution is -1.98. The summed E-state index contributed by atoms with van der Waals surface area (Å²) in [6.07, 6.45) is 0.940. The maximum atomic E-state index is 6.22. The number of hydrogen-bond acceptors (Lipinski definition) is 3. The predicted octanol–water partition coefficient (Wildman–Crippen LogP) is 7.57. The Morgan fingerprint density at radius 1 is 0.900 bits per heavy atom. The summed E-state index contributed by atoms with van der Waals surface area (Å²) in [5, 5.41) is 4.55. The van der Waals surface area contributed by atoms with Crippen LogP contribution in [-0.4, -0.2) is 4.98 Å². The molecule has 0 amide bonds. The first-order valence-corrected chi connectivity index (χ1v) is 11.2. The highest BCUT2D eigenvalue weighted by atomic mass is 32.1. The first kappa shape index (κ1) is 18.8. The van der Waals surface area contributed by atoms with Crippen molar-refractivity contribution < 1.29 is 4.74 Å². The molecule has 0 bridgehead atoms. The Labute approximate surface area is 180 Å². The number of rotatable bonds is 5. The van der Waals surface area contributed by atoms with Gasteiger partial charge in [-0.2, -0.15) is 0 Å². The number of hydrogen-bond donors (Lipinski definition) is 0. The molecule has 0 atom stereocenters. The van der Waals surface area contributed by atoms with Crippen molar-refractivity contribution in [2.75, 3.05) is 0 Å². The van der Waals surface area contributed by atoms with Gasteiger partial charge < -0.3 is 4.74 Å². The fourth-order valence-electron chi connectivity index (χ4n) is 3.95. The molecule has 5 rings (SSSR count). The van der Waals surface area contributed by atoms with Gasteiger partial charge in [0, 0.05) is 26.4 Å². The van der Waals surface area contributed by atoms with Gasteiger partial charge in [-0.3, -0.25) is 0 Å². The minimum Gasteiger partial charge on any atom is -0.488 e. The van der Waals surface area contributed by atoms with Gasteiger partial charge in [-0.05, 0) is 48.7 Å². The quantitative estimate of drug-likeness (QED) is 0.299. The summed E-state index contributed by atoms with van der Waals surface area (Å²) in [5.41, 5.74) is 6.92. The average Bonchev–Trinajstić information content (AvgIpc) is 3.21. The van der Waals surface area contributed by atoms with E-state index >= 15 is 0 Å². The lowest BCUT2D eigenvalue weighted by molar-refractivity contribution is 0.310. The first-order valence-electron chi connectivity index (χ1n) is 10.3. The number of aryl methyl sites for hydroxylation is 2. The Morgan fingerprint density at radius 3 is 2.67 bits per heavy atom. The standard InChI is InChI=1S/C27H23NOS/c1-3-20-11-14-25(29-16-19-8-6-7-18(2)15-19)22-12-13-24(28-27(20)22)23-17-30-26-10-5-4-9-21(23)26/h4-15,17H,3,16H2,1-2H3. The summed E-state index contributed by atoms with van der Waals surface area (Å²) in [6, 6.07) is 25.5. The van der Waals surface area contributed by atoms with Gasteiger partial charge in [0.05, 0.1) is 11.2 Å². The van der Waals surface area contributed by atoms with Crippen molar-refractivity contribution in [2.45, 2.75) is 26.9 Å². The van der Waals surface area contributed by atoms with Gasteiger partial charge in [-0.1, -0.05) is 61.0 Å². The summed E-state index contributed by atoms with van der Waals surface area (Å²) >= 11 is 1.77. The molecule has 0 saturated heterocycles. The molecule has 0 radical (unpaired) electrons. The Morgan fingerprint density at radius 2 is 1.80 bits per heavy atom. The molecule has 0 saturated carbocycles. The SMILES string of the molecule is CCc1ccc(OCc2cccc(C)c2)c2ccc(-c3csc4ccccc34)nc12. The van der Waals surface area contributed by atoms with Crippen LogP contribution in [0, 0.1) is 6.92 Å². The van der Waals surface area contributed by atoms with Crippen molar-refractivity contribution >= 4 is 32.3 Å². The van der Waals surface area contributed by atoms with Crippen LogP contribution in [0.25, 0.3) is 32.2 Å². The van der Waals surface area contributed by atoms with Crippen LogP contribution < -0.4 is 4.74 Å². The first-order chi connectivity index (χ1) is 14.7. The van der Waals surface area contributed by atoms with Gasteiger partial charge >= 0.3 is 0 Å². The number of benzene rings is 3. The van der Waals surface area contributed by atoms with Crippen LogP contribution in [-0.2, 0) is 13.0 Å². The smallest absolute Gasteiger partial charge is 0.129 e. The molecule has 0 aliphatic rings. The van der Waals surface area contributed by atoms with E-state index in [9.17, 15) is 0 Å². The Kier molecular flexibility index (Phi) is 4.97. The van der Waals surface area contributed by atoms with Crippen molar-refractivity contribution in [2.24, 2.45) is 0 Å². The molecule has 148 valence electrons. The van der Waals surface area contributed by atoms with Crippen LogP contribution >= 0.6 is 11.3 Å². The maximum Gasteiger partial charge on any atom is 0.129 e. The monoisotopic (exact) mass is 409 g/mol. The molecule has 0 aliphatic heterocycles. The van der Waals surface area contributed by atoms with Gasteiger partial charge in [-0.25, -0.2) is 4.98 Å². The van der Waals surface area contributed by atoms with Crippen LogP contribution in [0.4, 0.5) is 0 Å². The van der Waals surface area contributed by atoms with Crippen molar-refractivity contribution in [1.82, 2.24) is 4.98 Å². The second kappa shape index (κ2) is 7.92. The van der Waals surface area contributed by atoms with Crippen molar-refractivity contribution in [1.29, 1.82) is 0 Å². The molecule has 0 fully saturated rings. The summed E-state index contributed by atoms with van der Waals surface area (Å²) in [6.45, 7) is 4.84. The number of ether oxygens (including phenoxy) is 1. The zero-order valence-electron chi connectivity index (χ0n) is 17.2. The minimum absolute atomic E-state index is 0.555. The molecule has 3 aromatic carbocycles. The topological polar surface area (TPSA) is 22.1 Å². The van der Waals surface area contributed by atoms with E-state index in [0.717, 1.165) is 28.8 Å². The molecular formula is C27H23NOS. The highest BCUT2D eigenvalue weighted by Gasteiger charge is 2.12. The molecule has 5 aromatic rings. The molecule has 0 unspecified atom stereocenters. The predicted molar refractivity (Wildman–Crippen MR) is 127 cm³/mol. The number of nitrogens with zero attached hydrogens (tertiary/aromatic N) is 1. The van der Waals surface area contributed by atoms with E-state index in [-0.39, 0.29) is 0 Å². The normalized spacial score (nSPS) is 11.3. The van der Waals surface area contributed by atoms with E-state index in [4.69, 9.17) is 9.72 Å². The van der Waals surface area contributed by atoms with Crippen LogP contribution in [0.5, 0.6) is 5.75 Å². The fraction of sp³-hybridized carbons (Fsp3) is 0.148. The van der Waals surface area contributed by atoms with Crippen molar-refractivity contribution in [3.63, 3.8) is 0 Å². The van der Waals surface area contributed by atoms with Gasteiger partial charge in [-0.15, -0.1) is 11.3 Å².